The van der Waals surface area contributed by atoms with Crippen LogP contribution in [0.1, 0.15) is 11.7 Å². The predicted molar refractivity (Wildman–Crippen MR) is 49.0 cm³/mol. The van der Waals surface area contributed by atoms with E-state index in [1.54, 1.807) is 30.3 Å². The van der Waals surface area contributed by atoms with Crippen molar-refractivity contribution in [3.05, 3.63) is 46.0 Å². The van der Waals surface area contributed by atoms with Gasteiger partial charge >= 0.3 is 0 Å². The first-order valence-corrected chi connectivity index (χ1v) is 3.55. The van der Waals surface area contributed by atoms with Crippen molar-refractivity contribution in [2.45, 2.75) is 6.10 Å². The third-order valence-electron chi connectivity index (χ3n) is 1.51. The molecule has 1 rings (SSSR count). The molecule has 0 saturated carbocycles. The zero-order valence-corrected chi connectivity index (χ0v) is 9.38. The number of hydrogen-bond acceptors (Lipinski definition) is 3. The smallest absolute Gasteiger partial charge is 0.233 e. The maximum Gasteiger partial charge on any atom is 0.233 e. The first-order chi connectivity index (χ1) is 5.70. The minimum Gasteiger partial charge on any atom is -0.382 e. The molecule has 0 fully saturated rings. The molecule has 0 bridgehead atoms. The van der Waals surface area contributed by atoms with Crippen LogP contribution >= 0.6 is 0 Å². The second-order valence-electron chi connectivity index (χ2n) is 2.44. The van der Waals surface area contributed by atoms with Crippen molar-refractivity contribution >= 4 is 29.6 Å². The minimum absolute atomic E-state index is 0. The van der Waals surface area contributed by atoms with Crippen molar-refractivity contribution in [1.29, 1.82) is 0 Å². The SMILES string of the molecule is O=[N+]([O-])CC(O)c1ccccc1.[Na]. The summed E-state index contributed by atoms with van der Waals surface area (Å²) >= 11 is 0. The molecule has 13 heavy (non-hydrogen) atoms. The van der Waals surface area contributed by atoms with Crippen LogP contribution in [-0.4, -0.2) is 46.1 Å². The van der Waals surface area contributed by atoms with E-state index < -0.39 is 17.6 Å². The Kier molecular flexibility index (Phi) is 5.90. The third kappa shape index (κ3) is 4.38. The zero-order chi connectivity index (χ0) is 8.97. The van der Waals surface area contributed by atoms with Crippen LogP contribution in [-0.2, 0) is 0 Å². The number of benzene rings is 1. The van der Waals surface area contributed by atoms with E-state index in [9.17, 15) is 15.2 Å². The van der Waals surface area contributed by atoms with Gasteiger partial charge in [-0.1, -0.05) is 30.3 Å². The van der Waals surface area contributed by atoms with E-state index in [4.69, 9.17) is 0 Å². The first kappa shape index (κ1) is 12.6. The molecule has 0 aromatic heterocycles. The van der Waals surface area contributed by atoms with Crippen molar-refractivity contribution in [3.63, 3.8) is 0 Å². The number of nitro groups is 1. The van der Waals surface area contributed by atoms with Crippen LogP contribution in [0.15, 0.2) is 30.3 Å². The van der Waals surface area contributed by atoms with Gasteiger partial charge < -0.3 is 5.11 Å². The summed E-state index contributed by atoms with van der Waals surface area (Å²) in [5, 5.41) is 19.3. The van der Waals surface area contributed by atoms with Crippen LogP contribution in [0, 0.1) is 10.1 Å². The van der Waals surface area contributed by atoms with E-state index in [0.29, 0.717) is 5.56 Å². The fourth-order valence-corrected chi connectivity index (χ4v) is 0.922. The Morgan fingerprint density at radius 1 is 1.38 bits per heavy atom. The van der Waals surface area contributed by atoms with Crippen molar-refractivity contribution in [1.82, 2.24) is 0 Å². The number of aliphatic hydroxyl groups is 1. The number of hydrogen-bond donors (Lipinski definition) is 1. The Morgan fingerprint density at radius 2 is 1.92 bits per heavy atom. The molecule has 0 amide bonds. The largest absolute Gasteiger partial charge is 0.382 e. The molecule has 1 unspecified atom stereocenters. The van der Waals surface area contributed by atoms with Crippen LogP contribution in [0.2, 0.25) is 0 Å². The summed E-state index contributed by atoms with van der Waals surface area (Å²) in [6.45, 7) is -0.440. The zero-order valence-electron chi connectivity index (χ0n) is 7.38. The van der Waals surface area contributed by atoms with Crippen molar-refractivity contribution in [3.8, 4) is 0 Å². The molecule has 0 aliphatic carbocycles. The van der Waals surface area contributed by atoms with Gasteiger partial charge in [-0.15, -0.1) is 0 Å². The predicted octanol–water partition coefficient (Wildman–Crippen LogP) is 0.616. The van der Waals surface area contributed by atoms with Crippen LogP contribution in [0.3, 0.4) is 0 Å². The van der Waals surface area contributed by atoms with Crippen LogP contribution in [0.25, 0.3) is 0 Å². The topological polar surface area (TPSA) is 63.4 Å². The fourth-order valence-electron chi connectivity index (χ4n) is 0.922. The van der Waals surface area contributed by atoms with E-state index in [2.05, 4.69) is 0 Å². The van der Waals surface area contributed by atoms with Crippen molar-refractivity contribution < 1.29 is 10.0 Å². The Morgan fingerprint density at radius 3 is 2.38 bits per heavy atom. The average molecular weight is 190 g/mol. The molecular weight excluding hydrogens is 181 g/mol. The Labute approximate surface area is 98.0 Å². The van der Waals surface area contributed by atoms with Crippen molar-refractivity contribution in [2.24, 2.45) is 0 Å². The molecule has 0 heterocycles. The average Bonchev–Trinajstić information content (AvgIpc) is 2.05. The van der Waals surface area contributed by atoms with E-state index in [-0.39, 0.29) is 29.6 Å². The molecule has 0 aliphatic rings. The van der Waals surface area contributed by atoms with Crippen molar-refractivity contribution in [2.75, 3.05) is 6.54 Å². The summed E-state index contributed by atoms with van der Waals surface area (Å²) in [7, 11) is 0. The molecule has 0 saturated heterocycles. The molecule has 65 valence electrons. The first-order valence-electron chi connectivity index (χ1n) is 3.55. The summed E-state index contributed by atoms with van der Waals surface area (Å²) in [6, 6.07) is 8.59. The van der Waals surface area contributed by atoms with Gasteiger partial charge in [-0.05, 0) is 5.56 Å². The summed E-state index contributed by atoms with van der Waals surface area (Å²) in [5.74, 6) is 0. The molecule has 1 aromatic carbocycles. The quantitative estimate of drug-likeness (QED) is 0.431. The maximum absolute atomic E-state index is 10.0. The molecule has 0 spiro atoms. The van der Waals surface area contributed by atoms with Crippen LogP contribution in [0.5, 0.6) is 0 Å². The van der Waals surface area contributed by atoms with Crippen LogP contribution in [0.4, 0.5) is 0 Å². The Bertz CT molecular complexity index is 265. The second-order valence-corrected chi connectivity index (χ2v) is 2.44. The van der Waals surface area contributed by atoms with E-state index in [0.717, 1.165) is 0 Å². The maximum atomic E-state index is 10.0. The Balaban J connectivity index is 0.00000144. The Hall–Kier alpha value is -0.420. The van der Waals surface area contributed by atoms with Gasteiger partial charge in [-0.25, -0.2) is 0 Å². The number of aliphatic hydroxyl groups excluding tert-OH is 1. The van der Waals surface area contributed by atoms with Gasteiger partial charge in [-0.3, -0.25) is 10.1 Å². The van der Waals surface area contributed by atoms with Gasteiger partial charge in [0.15, 0.2) is 0 Å². The van der Waals surface area contributed by atoms with Gasteiger partial charge in [0, 0.05) is 34.5 Å². The fraction of sp³-hybridized carbons (Fsp3) is 0.250. The molecule has 4 nitrogen and oxygen atoms in total. The second kappa shape index (κ2) is 6.10. The molecule has 1 aromatic rings. The molecular formula is C8H9NNaO3. The van der Waals surface area contributed by atoms with Gasteiger partial charge in [0.1, 0.15) is 6.10 Å². The van der Waals surface area contributed by atoms with E-state index in [1.165, 1.54) is 0 Å². The molecule has 5 heteroatoms. The summed E-state index contributed by atoms with van der Waals surface area (Å²) < 4.78 is 0. The standard InChI is InChI=1S/C8H9NO3.Na/c10-8(6-9(11)12)7-4-2-1-3-5-7;/h1-5,8,10H,6H2;. The van der Waals surface area contributed by atoms with Crippen LogP contribution < -0.4 is 0 Å². The molecule has 0 aliphatic heterocycles. The van der Waals surface area contributed by atoms with E-state index in [1.807, 2.05) is 0 Å². The molecule has 1 radical (unpaired) electrons. The summed E-state index contributed by atoms with van der Waals surface area (Å²) in [4.78, 5) is 9.50. The third-order valence-corrected chi connectivity index (χ3v) is 1.51. The number of nitrogens with zero attached hydrogens (tertiary/aromatic N) is 1. The summed E-state index contributed by atoms with van der Waals surface area (Å²) in [6.07, 6.45) is -0.999. The minimum atomic E-state index is -0.999. The normalized spacial score (nSPS) is 11.5. The van der Waals surface area contributed by atoms with Gasteiger partial charge in [0.2, 0.25) is 6.54 Å². The van der Waals surface area contributed by atoms with Gasteiger partial charge in [0.05, 0.1) is 0 Å². The van der Waals surface area contributed by atoms with Gasteiger partial charge in [-0.2, -0.15) is 0 Å². The molecule has 1 N–H and O–H groups in total. The summed E-state index contributed by atoms with van der Waals surface area (Å²) in [5.41, 5.74) is 0.578. The van der Waals surface area contributed by atoms with Gasteiger partial charge in [0.25, 0.3) is 0 Å². The molecule has 1 atom stereocenters. The number of rotatable bonds is 3. The van der Waals surface area contributed by atoms with E-state index >= 15 is 0 Å². The monoisotopic (exact) mass is 190 g/mol.